The number of hydrogen-bond acceptors (Lipinski definition) is 6. The fourth-order valence-electron chi connectivity index (χ4n) is 4.04. The smallest absolute Gasteiger partial charge is 0.270 e. The molecule has 0 saturated heterocycles. The summed E-state index contributed by atoms with van der Waals surface area (Å²) in [6.07, 6.45) is 1.55. The molecule has 0 aliphatic rings. The zero-order valence-corrected chi connectivity index (χ0v) is 19.2. The van der Waals surface area contributed by atoms with Crippen molar-refractivity contribution in [2.45, 2.75) is 26.7 Å². The molecular formula is C26H21N7O2. The molecule has 9 heteroatoms. The number of H-pyrrole nitrogens is 1. The van der Waals surface area contributed by atoms with Crippen LogP contribution in [-0.2, 0) is 11.2 Å². The summed E-state index contributed by atoms with van der Waals surface area (Å²) in [5, 5.41) is 17.7. The molecule has 0 fully saturated rings. The Kier molecular flexibility index (Phi) is 5.55. The van der Waals surface area contributed by atoms with Crippen molar-refractivity contribution in [2.75, 3.05) is 5.32 Å². The number of nitriles is 1. The molecule has 35 heavy (non-hydrogen) atoms. The maximum Gasteiger partial charge on any atom is 0.270 e. The monoisotopic (exact) mass is 463 g/mol. The molecule has 0 atom stereocenters. The number of rotatable bonds is 5. The highest BCUT2D eigenvalue weighted by Crippen LogP contribution is 2.25. The first kappa shape index (κ1) is 22.0. The summed E-state index contributed by atoms with van der Waals surface area (Å²) in [4.78, 5) is 37.1. The van der Waals surface area contributed by atoms with Crippen molar-refractivity contribution < 1.29 is 4.79 Å². The molecule has 0 saturated carbocycles. The van der Waals surface area contributed by atoms with Gasteiger partial charge in [-0.1, -0.05) is 30.3 Å². The van der Waals surface area contributed by atoms with Crippen LogP contribution in [0, 0.1) is 25.2 Å². The number of aryl methyl sites for hydroxylation is 3. The van der Waals surface area contributed by atoms with E-state index in [9.17, 15) is 14.9 Å². The number of carbonyl (C=O) groups is 1. The highest BCUT2D eigenvalue weighted by Gasteiger charge is 2.18. The van der Waals surface area contributed by atoms with Gasteiger partial charge in [-0.15, -0.1) is 0 Å². The Balaban J connectivity index is 1.42. The molecule has 3 aromatic heterocycles. The summed E-state index contributed by atoms with van der Waals surface area (Å²) >= 11 is 0. The first-order valence-electron chi connectivity index (χ1n) is 11.1. The zero-order chi connectivity index (χ0) is 24.5. The van der Waals surface area contributed by atoms with Crippen LogP contribution in [0.2, 0.25) is 0 Å². The van der Waals surface area contributed by atoms with Gasteiger partial charge in [-0.3, -0.25) is 9.59 Å². The highest BCUT2D eigenvalue weighted by atomic mass is 16.1. The molecule has 2 N–H and O–H groups in total. The lowest BCUT2D eigenvalue weighted by molar-refractivity contribution is -0.116. The van der Waals surface area contributed by atoms with Gasteiger partial charge in [0.2, 0.25) is 5.91 Å². The molecule has 172 valence electrons. The number of nitrogens with one attached hydrogen (secondary N) is 2. The van der Waals surface area contributed by atoms with Crippen LogP contribution in [0.3, 0.4) is 0 Å². The number of para-hydroxylation sites is 3. The number of amides is 1. The number of anilines is 1. The average Bonchev–Trinajstić information content (AvgIpc) is 3.25. The van der Waals surface area contributed by atoms with Crippen molar-refractivity contribution >= 4 is 33.7 Å². The highest BCUT2D eigenvalue weighted by molar-refractivity contribution is 5.92. The van der Waals surface area contributed by atoms with E-state index in [0.29, 0.717) is 16.9 Å². The average molecular weight is 464 g/mol. The van der Waals surface area contributed by atoms with E-state index in [1.807, 2.05) is 50.2 Å². The van der Waals surface area contributed by atoms with Crippen LogP contribution in [0.15, 0.2) is 59.5 Å². The zero-order valence-electron chi connectivity index (χ0n) is 19.2. The summed E-state index contributed by atoms with van der Waals surface area (Å²) in [7, 11) is 0. The maximum absolute atomic E-state index is 12.8. The molecule has 0 unspecified atom stereocenters. The van der Waals surface area contributed by atoms with Gasteiger partial charge in [0.15, 0.2) is 11.6 Å². The number of carbonyl (C=O) groups excluding carboxylic acids is 1. The number of hydrogen-bond donors (Lipinski definition) is 2. The Bertz CT molecular complexity index is 1710. The summed E-state index contributed by atoms with van der Waals surface area (Å²) in [5.41, 5.74) is 4.29. The van der Waals surface area contributed by atoms with Gasteiger partial charge < -0.3 is 10.3 Å². The summed E-state index contributed by atoms with van der Waals surface area (Å²) < 4.78 is 1.45. The van der Waals surface area contributed by atoms with Crippen molar-refractivity contribution in [3.05, 3.63) is 87.5 Å². The van der Waals surface area contributed by atoms with Crippen molar-refractivity contribution in [3.63, 3.8) is 0 Å². The minimum atomic E-state index is -0.369. The molecule has 0 radical (unpaired) electrons. The van der Waals surface area contributed by atoms with Crippen molar-refractivity contribution in [1.29, 1.82) is 5.26 Å². The van der Waals surface area contributed by atoms with E-state index in [2.05, 4.69) is 26.5 Å². The van der Waals surface area contributed by atoms with Crippen LogP contribution in [0.1, 0.15) is 28.8 Å². The van der Waals surface area contributed by atoms with E-state index < -0.39 is 0 Å². The lowest BCUT2D eigenvalue weighted by atomic mass is 10.1. The van der Waals surface area contributed by atoms with Gasteiger partial charge in [-0.05, 0) is 43.2 Å². The number of aromatic nitrogens is 5. The van der Waals surface area contributed by atoms with Crippen LogP contribution < -0.4 is 10.9 Å². The predicted octanol–water partition coefficient (Wildman–Crippen LogP) is 3.72. The number of aromatic amines is 1. The van der Waals surface area contributed by atoms with Gasteiger partial charge in [-0.25, -0.2) is 9.97 Å². The molecule has 5 aromatic rings. The summed E-state index contributed by atoms with van der Waals surface area (Å²) in [5.74, 6) is 0.359. The van der Waals surface area contributed by atoms with E-state index in [4.69, 9.17) is 4.98 Å². The van der Waals surface area contributed by atoms with Gasteiger partial charge in [-0.2, -0.15) is 15.0 Å². The molecule has 2 aromatic carbocycles. The van der Waals surface area contributed by atoms with Crippen molar-refractivity contribution in [1.82, 2.24) is 24.7 Å². The molecule has 0 bridgehead atoms. The molecule has 0 aliphatic heterocycles. The fourth-order valence-corrected chi connectivity index (χ4v) is 4.04. The predicted molar refractivity (Wildman–Crippen MR) is 132 cm³/mol. The van der Waals surface area contributed by atoms with Gasteiger partial charge in [0.05, 0.1) is 22.7 Å². The number of nitrogens with zero attached hydrogens (tertiary/aromatic N) is 5. The van der Waals surface area contributed by atoms with Crippen molar-refractivity contribution in [2.24, 2.45) is 0 Å². The molecule has 3 heterocycles. The van der Waals surface area contributed by atoms with Gasteiger partial charge in [0.25, 0.3) is 5.56 Å². The first-order valence-corrected chi connectivity index (χ1v) is 11.1. The second-order valence-electron chi connectivity index (χ2n) is 8.28. The van der Waals surface area contributed by atoms with E-state index >= 15 is 0 Å². The number of fused-ring (bicyclic) bond motifs is 2. The Morgan fingerprint density at radius 2 is 1.94 bits per heavy atom. The van der Waals surface area contributed by atoms with E-state index in [1.54, 1.807) is 12.1 Å². The minimum absolute atomic E-state index is 0.00769. The summed E-state index contributed by atoms with van der Waals surface area (Å²) in [6, 6.07) is 17.1. The Morgan fingerprint density at radius 3 is 2.77 bits per heavy atom. The number of benzene rings is 2. The Labute approximate surface area is 200 Å². The second kappa shape index (κ2) is 8.83. The lowest BCUT2D eigenvalue weighted by Crippen LogP contribution is -2.20. The second-order valence-corrected chi connectivity index (χ2v) is 8.28. The fraction of sp³-hybridized carbons (Fsp3) is 0.154. The largest absolute Gasteiger partial charge is 0.319 e. The SMILES string of the molecule is Cc1cc(-n2ncc(C#N)c2NC(=O)CCc2nc3ccccc3[nH]c2=O)nc2c(C)cccc12. The molecule has 0 spiro atoms. The third-order valence-corrected chi connectivity index (χ3v) is 5.86. The minimum Gasteiger partial charge on any atom is -0.319 e. The summed E-state index contributed by atoms with van der Waals surface area (Å²) in [6.45, 7) is 3.96. The first-order chi connectivity index (χ1) is 16.9. The van der Waals surface area contributed by atoms with Gasteiger partial charge >= 0.3 is 0 Å². The van der Waals surface area contributed by atoms with Crippen LogP contribution in [-0.4, -0.2) is 30.6 Å². The maximum atomic E-state index is 12.8. The third kappa shape index (κ3) is 4.13. The Hall–Kier alpha value is -4.84. The molecule has 5 rings (SSSR count). The van der Waals surface area contributed by atoms with Gasteiger partial charge in [0.1, 0.15) is 17.3 Å². The third-order valence-electron chi connectivity index (χ3n) is 5.86. The van der Waals surface area contributed by atoms with E-state index in [-0.39, 0.29) is 41.4 Å². The quantitative estimate of drug-likeness (QED) is 0.409. The van der Waals surface area contributed by atoms with Crippen molar-refractivity contribution in [3.8, 4) is 11.9 Å². The van der Waals surface area contributed by atoms with Crippen LogP contribution >= 0.6 is 0 Å². The van der Waals surface area contributed by atoms with Crippen LogP contribution in [0.4, 0.5) is 5.82 Å². The molecular weight excluding hydrogens is 442 g/mol. The molecule has 9 nitrogen and oxygen atoms in total. The topological polar surface area (TPSA) is 129 Å². The normalized spacial score (nSPS) is 11.0. The number of pyridine rings is 1. The molecule has 0 aliphatic carbocycles. The van der Waals surface area contributed by atoms with Crippen LogP contribution in [0.5, 0.6) is 0 Å². The van der Waals surface area contributed by atoms with E-state index in [1.165, 1.54) is 10.9 Å². The standard InChI is InChI=1S/C26H21N7O2/c1-15-6-5-7-18-16(2)12-22(31-24(15)18)33-25(17(13-27)14-28-33)32-23(34)11-10-21-26(35)30-20-9-4-3-8-19(20)29-21/h3-9,12,14H,10-11H2,1-2H3,(H,30,35)(H,32,34). The van der Waals surface area contributed by atoms with Gasteiger partial charge in [0, 0.05) is 18.2 Å². The van der Waals surface area contributed by atoms with Crippen LogP contribution in [0.25, 0.3) is 27.8 Å². The Morgan fingerprint density at radius 1 is 1.11 bits per heavy atom. The molecule has 1 amide bonds. The van der Waals surface area contributed by atoms with E-state index in [0.717, 1.165) is 22.0 Å². The lowest BCUT2D eigenvalue weighted by Gasteiger charge is -2.12.